The molecule has 0 aliphatic carbocycles. The zero-order valence-electron chi connectivity index (χ0n) is 38.0. The van der Waals surface area contributed by atoms with Gasteiger partial charge in [-0.3, -0.25) is 0 Å². The van der Waals surface area contributed by atoms with Gasteiger partial charge in [-0.25, -0.2) is 0 Å². The van der Waals surface area contributed by atoms with Crippen LogP contribution in [0.1, 0.15) is 22.3 Å². The van der Waals surface area contributed by atoms with Gasteiger partial charge in [0.1, 0.15) is 11.2 Å². The Balaban J connectivity index is 0.933. The first-order valence-electron chi connectivity index (χ1n) is 23.6. The molecular weight excluding hydrogens is 835 g/mol. The maximum Gasteiger partial charge on any atom is 0.135 e. The normalized spacial score (nSPS) is 11.5. The summed E-state index contributed by atoms with van der Waals surface area (Å²) in [4.78, 5) is 2.36. The van der Waals surface area contributed by atoms with E-state index in [1.54, 1.807) is 0 Å². The maximum absolute atomic E-state index is 6.16. The minimum absolute atomic E-state index is 0.514. The molecule has 1 heterocycles. The summed E-state index contributed by atoms with van der Waals surface area (Å²) in [5, 5.41) is 2.25. The molecule has 0 radical (unpaired) electrons. The number of hydrogen-bond acceptors (Lipinski definition) is 2. The highest BCUT2D eigenvalue weighted by molar-refractivity contribution is 6.06. The first kappa shape index (κ1) is 41.5. The molecule has 0 aliphatic heterocycles. The van der Waals surface area contributed by atoms with Crippen molar-refractivity contribution in [1.82, 2.24) is 0 Å². The van der Waals surface area contributed by atoms with Crippen LogP contribution in [0.2, 0.25) is 0 Å². The minimum atomic E-state index is -0.514. The van der Waals surface area contributed by atoms with Gasteiger partial charge in [0.05, 0.1) is 5.41 Å². The average molecular weight is 882 g/mol. The van der Waals surface area contributed by atoms with Crippen molar-refractivity contribution in [3.05, 3.63) is 307 Å². The van der Waals surface area contributed by atoms with Crippen LogP contribution in [0.15, 0.2) is 290 Å². The molecule has 0 N–H and O–H groups in total. The largest absolute Gasteiger partial charge is 0.456 e. The Hall–Kier alpha value is -8.98. The lowest BCUT2D eigenvalue weighted by Crippen LogP contribution is -2.30. The van der Waals surface area contributed by atoms with E-state index in [0.29, 0.717) is 0 Å². The van der Waals surface area contributed by atoms with E-state index < -0.39 is 5.41 Å². The second kappa shape index (κ2) is 18.0. The molecule has 0 bridgehead atoms. The first-order chi connectivity index (χ1) is 34.2. The summed E-state index contributed by atoms with van der Waals surface area (Å²) < 4.78 is 6.16. The molecule has 11 aromatic carbocycles. The van der Waals surface area contributed by atoms with Gasteiger partial charge in [0, 0.05) is 27.8 Å². The highest BCUT2D eigenvalue weighted by Crippen LogP contribution is 2.46. The second-order valence-corrected chi connectivity index (χ2v) is 17.7. The number of furan rings is 1. The maximum atomic E-state index is 6.16. The minimum Gasteiger partial charge on any atom is -0.456 e. The Morgan fingerprint density at radius 2 is 0.609 bits per heavy atom. The van der Waals surface area contributed by atoms with E-state index in [0.717, 1.165) is 61.3 Å². The smallest absolute Gasteiger partial charge is 0.135 e. The molecule has 12 rings (SSSR count). The number of fused-ring (bicyclic) bond motifs is 3. The topological polar surface area (TPSA) is 16.4 Å². The molecule has 1 aromatic heterocycles. The highest BCUT2D eigenvalue weighted by atomic mass is 16.3. The van der Waals surface area contributed by atoms with Gasteiger partial charge >= 0.3 is 0 Å². The third-order valence-electron chi connectivity index (χ3n) is 13.6. The molecule has 326 valence electrons. The van der Waals surface area contributed by atoms with Gasteiger partial charge in [-0.05, 0) is 127 Å². The van der Waals surface area contributed by atoms with Crippen molar-refractivity contribution in [2.24, 2.45) is 0 Å². The Labute approximate surface area is 403 Å². The van der Waals surface area contributed by atoms with Crippen molar-refractivity contribution in [1.29, 1.82) is 0 Å². The third-order valence-corrected chi connectivity index (χ3v) is 13.6. The molecule has 2 heteroatoms. The van der Waals surface area contributed by atoms with Crippen molar-refractivity contribution in [3.63, 3.8) is 0 Å². The molecule has 0 atom stereocenters. The lowest BCUT2D eigenvalue weighted by Gasteiger charge is -2.37. The van der Waals surface area contributed by atoms with Gasteiger partial charge in [0.25, 0.3) is 0 Å². The van der Waals surface area contributed by atoms with E-state index in [4.69, 9.17) is 4.42 Å². The van der Waals surface area contributed by atoms with Crippen LogP contribution in [0.25, 0.3) is 66.4 Å². The van der Waals surface area contributed by atoms with Gasteiger partial charge in [0.2, 0.25) is 0 Å². The fourth-order valence-electron chi connectivity index (χ4n) is 10.3. The lowest BCUT2D eigenvalue weighted by molar-refractivity contribution is 0.669. The van der Waals surface area contributed by atoms with E-state index in [1.807, 2.05) is 12.1 Å². The summed E-state index contributed by atoms with van der Waals surface area (Å²) in [5.41, 5.74) is 18.7. The summed E-state index contributed by atoms with van der Waals surface area (Å²) in [6, 6.07) is 103. The molecule has 0 saturated heterocycles. The van der Waals surface area contributed by atoms with Gasteiger partial charge in [-0.1, -0.05) is 224 Å². The molecule has 69 heavy (non-hydrogen) atoms. The second-order valence-electron chi connectivity index (χ2n) is 17.7. The first-order valence-corrected chi connectivity index (χ1v) is 23.6. The summed E-state index contributed by atoms with van der Waals surface area (Å²) in [6.45, 7) is 0. The van der Waals surface area contributed by atoms with Crippen LogP contribution in [0.5, 0.6) is 0 Å². The predicted octanol–water partition coefficient (Wildman–Crippen LogP) is 18.1. The molecule has 12 aromatic rings. The van der Waals surface area contributed by atoms with Crippen molar-refractivity contribution in [3.8, 4) is 44.5 Å². The summed E-state index contributed by atoms with van der Waals surface area (Å²) in [6.07, 6.45) is 0. The number of hydrogen-bond donors (Lipinski definition) is 0. The number of para-hydroxylation sites is 1. The predicted molar refractivity (Wildman–Crippen MR) is 288 cm³/mol. The Kier molecular flexibility index (Phi) is 10.8. The van der Waals surface area contributed by atoms with Crippen LogP contribution in [0.4, 0.5) is 17.1 Å². The third kappa shape index (κ3) is 7.78. The van der Waals surface area contributed by atoms with Crippen molar-refractivity contribution in [2.75, 3.05) is 4.90 Å². The molecule has 0 aliphatic rings. The van der Waals surface area contributed by atoms with E-state index in [9.17, 15) is 0 Å². The standard InChI is InChI=1S/C67H47NO/c1-5-17-48(18-6-1)52-19-15-20-53(45-52)50-33-40-60(41-34-50)68(61-42-35-51(36-43-61)55-37-44-66-64(47-55)63-29-13-14-30-65(63)69-66)62-28-16-21-54(46-62)49-31-38-59(39-32-49)67(56-22-7-2-8-23-56,57-24-9-3-10-25-57)58-26-11-4-12-27-58/h1-47H. The molecule has 0 fully saturated rings. The van der Waals surface area contributed by atoms with Gasteiger partial charge in [0.15, 0.2) is 0 Å². The van der Waals surface area contributed by atoms with Crippen molar-refractivity contribution in [2.45, 2.75) is 5.41 Å². The highest BCUT2D eigenvalue weighted by Gasteiger charge is 2.38. The van der Waals surface area contributed by atoms with Crippen LogP contribution in [0.3, 0.4) is 0 Å². The number of benzene rings is 11. The van der Waals surface area contributed by atoms with Gasteiger partial charge < -0.3 is 9.32 Å². The zero-order chi connectivity index (χ0) is 46.0. The van der Waals surface area contributed by atoms with Crippen LogP contribution >= 0.6 is 0 Å². The quantitative estimate of drug-likeness (QED) is 0.120. The summed E-state index contributed by atoms with van der Waals surface area (Å²) in [5.74, 6) is 0. The van der Waals surface area contributed by atoms with Crippen molar-refractivity contribution >= 4 is 39.0 Å². The van der Waals surface area contributed by atoms with Gasteiger partial charge in [-0.2, -0.15) is 0 Å². The molecule has 0 saturated carbocycles. The van der Waals surface area contributed by atoms with Crippen LogP contribution in [0, 0.1) is 0 Å². The van der Waals surface area contributed by atoms with E-state index in [1.165, 1.54) is 44.5 Å². The number of anilines is 3. The molecule has 0 amide bonds. The Morgan fingerprint density at radius 3 is 1.16 bits per heavy atom. The van der Waals surface area contributed by atoms with Crippen LogP contribution in [-0.4, -0.2) is 0 Å². The SMILES string of the molecule is c1ccc(-c2cccc(-c3ccc(N(c4ccc(-c5ccc6oc7ccccc7c6c5)cc4)c4cccc(-c5ccc(C(c6ccccc6)(c6ccccc6)c6ccccc6)cc5)c4)cc3)c2)cc1. The van der Waals surface area contributed by atoms with Crippen LogP contribution in [-0.2, 0) is 5.41 Å². The molecule has 2 nitrogen and oxygen atoms in total. The number of nitrogens with zero attached hydrogens (tertiary/aromatic N) is 1. The molecular formula is C67H47NO. The monoisotopic (exact) mass is 881 g/mol. The fourth-order valence-corrected chi connectivity index (χ4v) is 10.3. The Bertz CT molecular complexity index is 3580. The Morgan fingerprint density at radius 1 is 0.232 bits per heavy atom. The molecule has 0 spiro atoms. The van der Waals surface area contributed by atoms with E-state index in [2.05, 4.69) is 278 Å². The molecule has 0 unspecified atom stereocenters. The summed E-state index contributed by atoms with van der Waals surface area (Å²) in [7, 11) is 0. The lowest BCUT2D eigenvalue weighted by atomic mass is 9.65. The van der Waals surface area contributed by atoms with E-state index in [-0.39, 0.29) is 0 Å². The number of rotatable bonds is 11. The average Bonchev–Trinajstić information content (AvgIpc) is 3.81. The van der Waals surface area contributed by atoms with Crippen molar-refractivity contribution < 1.29 is 4.42 Å². The summed E-state index contributed by atoms with van der Waals surface area (Å²) >= 11 is 0. The zero-order valence-corrected chi connectivity index (χ0v) is 38.0. The van der Waals surface area contributed by atoms with Gasteiger partial charge in [-0.15, -0.1) is 0 Å². The fraction of sp³-hybridized carbons (Fsp3) is 0.0149. The van der Waals surface area contributed by atoms with Crippen LogP contribution < -0.4 is 4.90 Å². The van der Waals surface area contributed by atoms with E-state index >= 15 is 0 Å².